The molecule has 0 heterocycles. The predicted octanol–water partition coefficient (Wildman–Crippen LogP) is 0.323. The van der Waals surface area contributed by atoms with Gasteiger partial charge in [0.1, 0.15) is 59.5 Å². The summed E-state index contributed by atoms with van der Waals surface area (Å²) in [6, 6.07) is 4.00. The molecule has 0 fully saturated rings. The molecule has 0 saturated carbocycles. The van der Waals surface area contributed by atoms with Crippen molar-refractivity contribution in [1.82, 2.24) is 37.2 Å². The molecule has 9 atom stereocenters. The van der Waals surface area contributed by atoms with Crippen LogP contribution >= 0.6 is 0 Å². The molecule has 0 aliphatic carbocycles. The molecule has 436 valence electrons. The third-order valence-corrected chi connectivity index (χ3v) is 12.7. The van der Waals surface area contributed by atoms with Crippen molar-refractivity contribution in [3.63, 3.8) is 0 Å². The van der Waals surface area contributed by atoms with Gasteiger partial charge in [-0.2, -0.15) is 0 Å². The van der Waals surface area contributed by atoms with Crippen LogP contribution < -0.4 is 43.0 Å². The number of rotatable bonds is 34. The Hall–Kier alpha value is -8.81. The Balaban J connectivity index is 2.09. The molecule has 0 aliphatic rings. The number of nitrogens with two attached hydrogens (primary N) is 1. The molecule has 0 saturated heterocycles. The van der Waals surface area contributed by atoms with Crippen LogP contribution in [0.25, 0.3) is 0 Å². The molecule has 0 spiro atoms. The first-order chi connectivity index (χ1) is 37.6. The fourth-order valence-electron chi connectivity index (χ4n) is 7.99. The summed E-state index contributed by atoms with van der Waals surface area (Å²) in [6.45, 7) is 6.68. The zero-order chi connectivity index (χ0) is 59.8. The van der Waals surface area contributed by atoms with Crippen molar-refractivity contribution in [1.29, 1.82) is 0 Å². The molecule has 7 amide bonds. The van der Waals surface area contributed by atoms with Crippen LogP contribution in [0, 0.1) is 11.8 Å². The molecule has 3 aromatic rings. The van der Waals surface area contributed by atoms with Crippen LogP contribution in [-0.2, 0) is 72.0 Å². The third kappa shape index (κ3) is 23.0. The summed E-state index contributed by atoms with van der Waals surface area (Å²) in [6.07, 6.45) is -3.86. The Kier molecular flexibility index (Phi) is 26.3. The number of nitrogens with one attached hydrogen (secondary N) is 7. The summed E-state index contributed by atoms with van der Waals surface area (Å²) in [7, 11) is 0. The number of aliphatic carboxylic acids is 4. The molecule has 26 heteroatoms. The maximum absolute atomic E-state index is 14.8. The van der Waals surface area contributed by atoms with Gasteiger partial charge in [0.25, 0.3) is 0 Å². The van der Waals surface area contributed by atoms with Gasteiger partial charge in [0.05, 0.1) is 6.04 Å². The standard InChI is InChI=1S/C54H72N8O18/c1-5-29(4)46(62-49(74)38(20-23-45(70)71)56-47(72)36(55)18-21-43(66)67)53(78)60-41(27-32-10-16-35(65)17-11-32)52(77)59-40(26-31-8-14-34(64)15-9-31)51(76)58-39(25-30-6-12-33(63)13-7-30)50(75)57-37(19-22-44(68)69)48(73)61-42(54(79)80)24-28(2)3/h6-17,28-29,36-42,46,63-65H,5,18-27,55H2,1-4H3,(H,56,72)(H,57,75)(H,58,76)(H,59,77)(H,60,78)(H,61,73)(H,62,74)(H,66,67)(H,68,69)(H,70,71)(H,79,80)/t29-,36-,37-,38-,39-,40-,41-,42-,46-/m0/s1. The van der Waals surface area contributed by atoms with Crippen LogP contribution in [0.1, 0.15) is 95.8 Å². The maximum atomic E-state index is 14.8. The highest BCUT2D eigenvalue weighted by molar-refractivity contribution is 5.98. The normalized spacial score (nSPS) is 14.4. The number of benzene rings is 3. The number of phenolic OH excluding ortho intramolecular Hbond substituents is 3. The fourth-order valence-corrected chi connectivity index (χ4v) is 7.99. The van der Waals surface area contributed by atoms with Crippen molar-refractivity contribution in [3.05, 3.63) is 89.5 Å². The lowest BCUT2D eigenvalue weighted by atomic mass is 9.96. The first-order valence-corrected chi connectivity index (χ1v) is 25.8. The zero-order valence-electron chi connectivity index (χ0n) is 44.7. The minimum Gasteiger partial charge on any atom is -0.508 e. The van der Waals surface area contributed by atoms with Crippen molar-refractivity contribution >= 4 is 65.2 Å². The molecule has 3 aromatic carbocycles. The monoisotopic (exact) mass is 1120 g/mol. The zero-order valence-corrected chi connectivity index (χ0v) is 44.7. The molecule has 16 N–H and O–H groups in total. The molecular formula is C54H72N8O18. The van der Waals surface area contributed by atoms with E-state index in [4.69, 9.17) is 10.8 Å². The van der Waals surface area contributed by atoms with Crippen molar-refractivity contribution in [2.45, 2.75) is 147 Å². The summed E-state index contributed by atoms with van der Waals surface area (Å²) in [5, 5.41) is 85.4. The highest BCUT2D eigenvalue weighted by Gasteiger charge is 2.36. The number of carbonyl (C=O) groups excluding carboxylic acids is 7. The van der Waals surface area contributed by atoms with Gasteiger partial charge in [-0.3, -0.25) is 47.9 Å². The van der Waals surface area contributed by atoms with E-state index < -0.39 is 152 Å². The van der Waals surface area contributed by atoms with Crippen LogP contribution in [0.5, 0.6) is 17.2 Å². The lowest BCUT2D eigenvalue weighted by Crippen LogP contribution is -2.61. The van der Waals surface area contributed by atoms with Gasteiger partial charge >= 0.3 is 23.9 Å². The lowest BCUT2D eigenvalue weighted by Gasteiger charge is -2.29. The number of phenols is 3. The van der Waals surface area contributed by atoms with Gasteiger partial charge in [-0.15, -0.1) is 0 Å². The SMILES string of the molecule is CC[C@H](C)[C@H](NC(=O)[C@H](CCC(=O)O)NC(=O)[C@@H](N)CCC(=O)O)C(=O)N[C@@H](Cc1ccc(O)cc1)C(=O)N[C@@H](Cc1ccc(O)cc1)C(=O)N[C@@H](Cc1ccc(O)cc1)C(=O)N[C@@H](CCC(=O)O)C(=O)N[C@@H](CC(C)C)C(=O)O. The van der Waals surface area contributed by atoms with E-state index in [1.165, 1.54) is 72.8 Å². The number of aromatic hydroxyl groups is 3. The molecule has 3 rings (SSSR count). The second-order valence-corrected chi connectivity index (χ2v) is 19.7. The van der Waals surface area contributed by atoms with Gasteiger partial charge in [0.2, 0.25) is 41.4 Å². The summed E-state index contributed by atoms with van der Waals surface area (Å²) in [5.74, 6) is -13.8. The summed E-state index contributed by atoms with van der Waals surface area (Å²) in [5.41, 5.74) is 6.93. The Bertz CT molecular complexity index is 2630. The highest BCUT2D eigenvalue weighted by atomic mass is 16.4. The lowest BCUT2D eigenvalue weighted by molar-refractivity contribution is -0.143. The number of carbonyl (C=O) groups is 11. The summed E-state index contributed by atoms with van der Waals surface area (Å²) < 4.78 is 0. The minimum atomic E-state index is -1.64. The number of hydrogen-bond acceptors (Lipinski definition) is 15. The van der Waals surface area contributed by atoms with E-state index in [9.17, 15) is 83.4 Å². The van der Waals surface area contributed by atoms with E-state index >= 15 is 0 Å². The Morgan fingerprint density at radius 3 is 1.05 bits per heavy atom. The average Bonchev–Trinajstić information content (AvgIpc) is 3.39. The van der Waals surface area contributed by atoms with E-state index in [1.807, 2.05) is 0 Å². The molecule has 0 bridgehead atoms. The maximum Gasteiger partial charge on any atom is 0.326 e. The van der Waals surface area contributed by atoms with Gasteiger partial charge in [-0.25, -0.2) is 4.79 Å². The smallest absolute Gasteiger partial charge is 0.326 e. The molecule has 80 heavy (non-hydrogen) atoms. The Labute approximate surface area is 460 Å². The molecule has 0 unspecified atom stereocenters. The summed E-state index contributed by atoms with van der Waals surface area (Å²) >= 11 is 0. The van der Waals surface area contributed by atoms with Gasteiger partial charge in [-0.1, -0.05) is 70.5 Å². The van der Waals surface area contributed by atoms with Crippen LogP contribution in [-0.4, -0.2) is 149 Å². The van der Waals surface area contributed by atoms with Crippen molar-refractivity contribution in [3.8, 4) is 17.2 Å². The second kappa shape index (κ2) is 32.2. The Morgan fingerprint density at radius 1 is 0.412 bits per heavy atom. The van der Waals surface area contributed by atoms with Gasteiger partial charge in [0, 0.05) is 38.5 Å². The first-order valence-electron chi connectivity index (χ1n) is 25.8. The van der Waals surface area contributed by atoms with E-state index in [2.05, 4.69) is 37.2 Å². The molecular weight excluding hydrogens is 1050 g/mol. The van der Waals surface area contributed by atoms with Crippen LogP contribution in [0.4, 0.5) is 0 Å². The van der Waals surface area contributed by atoms with Crippen molar-refractivity contribution in [2.24, 2.45) is 17.6 Å². The number of amides is 7. The number of carboxylic acids is 4. The van der Waals surface area contributed by atoms with Gasteiger partial charge < -0.3 is 78.7 Å². The first kappa shape index (κ1) is 65.5. The van der Waals surface area contributed by atoms with Crippen molar-refractivity contribution in [2.75, 3.05) is 0 Å². The average molecular weight is 1120 g/mol. The number of hydrogen-bond donors (Lipinski definition) is 15. The van der Waals surface area contributed by atoms with Crippen LogP contribution in [0.15, 0.2) is 72.8 Å². The summed E-state index contributed by atoms with van der Waals surface area (Å²) in [4.78, 5) is 145. The van der Waals surface area contributed by atoms with Crippen LogP contribution in [0.3, 0.4) is 0 Å². The minimum absolute atomic E-state index is 0.0177. The Morgan fingerprint density at radius 2 is 0.713 bits per heavy atom. The van der Waals surface area contributed by atoms with E-state index in [-0.39, 0.29) is 61.7 Å². The van der Waals surface area contributed by atoms with Crippen molar-refractivity contribution < 1.29 is 88.5 Å². The quantitative estimate of drug-likeness (QED) is 0.0383. The topological polar surface area (TPSA) is 440 Å². The van der Waals surface area contributed by atoms with E-state index in [1.54, 1.807) is 27.7 Å². The third-order valence-electron chi connectivity index (χ3n) is 12.7. The second-order valence-electron chi connectivity index (χ2n) is 19.7. The van der Waals surface area contributed by atoms with E-state index in [0.29, 0.717) is 16.7 Å². The molecule has 0 aromatic heterocycles. The molecule has 26 nitrogen and oxygen atoms in total. The predicted molar refractivity (Wildman–Crippen MR) is 284 cm³/mol. The highest BCUT2D eigenvalue weighted by Crippen LogP contribution is 2.18. The largest absolute Gasteiger partial charge is 0.508 e. The molecule has 0 radical (unpaired) electrons. The number of carboxylic acid groups (broad SMARTS) is 4. The van der Waals surface area contributed by atoms with E-state index in [0.717, 1.165) is 0 Å². The van der Waals surface area contributed by atoms with Gasteiger partial charge in [0.15, 0.2) is 0 Å². The van der Waals surface area contributed by atoms with Gasteiger partial charge in [-0.05, 0) is 90.6 Å². The molecule has 0 aliphatic heterocycles. The van der Waals surface area contributed by atoms with Crippen LogP contribution in [0.2, 0.25) is 0 Å². The fraction of sp³-hybridized carbons (Fsp3) is 0.463.